The van der Waals surface area contributed by atoms with Crippen molar-refractivity contribution in [2.24, 2.45) is 0 Å². The number of anilines is 1. The van der Waals surface area contributed by atoms with Crippen molar-refractivity contribution in [1.82, 2.24) is 4.98 Å². The van der Waals surface area contributed by atoms with E-state index >= 15 is 0 Å². The molecule has 1 N–H and O–H groups in total. The van der Waals surface area contributed by atoms with Crippen LogP contribution < -0.4 is 10.1 Å². The van der Waals surface area contributed by atoms with Crippen LogP contribution in [0.4, 0.5) is 10.2 Å². The molecule has 0 atom stereocenters. The Balaban J connectivity index is 1.58. The maximum atomic E-state index is 12.9. The molecule has 0 aliphatic carbocycles. The van der Waals surface area contributed by atoms with Crippen molar-refractivity contribution in [2.45, 2.75) is 6.92 Å². The summed E-state index contributed by atoms with van der Waals surface area (Å²) in [5.74, 6) is -0.134. The van der Waals surface area contributed by atoms with Gasteiger partial charge in [0, 0.05) is 19.2 Å². The molecule has 1 heterocycles. The highest BCUT2D eigenvalue weighted by atomic mass is 19.1. The number of rotatable bonds is 6. The Hall–Kier alpha value is -4.06. The number of nitrogens with zero attached hydrogens (tertiary/aromatic N) is 1. The first-order chi connectivity index (χ1) is 14.5. The molecule has 1 aromatic heterocycles. The van der Waals surface area contributed by atoms with E-state index in [0.29, 0.717) is 17.1 Å². The van der Waals surface area contributed by atoms with Gasteiger partial charge in [-0.3, -0.25) is 4.79 Å². The summed E-state index contributed by atoms with van der Waals surface area (Å²) in [6, 6.07) is 16.4. The van der Waals surface area contributed by atoms with Crippen LogP contribution in [0.5, 0.6) is 5.75 Å². The molecular formula is C24H19FN2O3. The van der Waals surface area contributed by atoms with E-state index in [0.717, 1.165) is 11.1 Å². The van der Waals surface area contributed by atoms with Crippen LogP contribution in [0.25, 0.3) is 18.2 Å². The molecule has 30 heavy (non-hydrogen) atoms. The van der Waals surface area contributed by atoms with E-state index in [4.69, 9.17) is 4.74 Å². The molecule has 6 heteroatoms. The van der Waals surface area contributed by atoms with Crippen molar-refractivity contribution in [2.75, 3.05) is 5.32 Å². The number of amides is 1. The predicted octanol–water partition coefficient (Wildman–Crippen LogP) is 4.97. The van der Waals surface area contributed by atoms with E-state index in [2.05, 4.69) is 10.3 Å². The van der Waals surface area contributed by atoms with Gasteiger partial charge in [-0.15, -0.1) is 0 Å². The standard InChI is InChI=1S/C24H19FN2O3/c1-17(28)27-23-16-20(14-15-26-23)3-2-18-6-11-22(12-7-18)30-24(29)13-8-19-4-9-21(25)10-5-19/h2-16H,1H3,(H,26,27,28)/b3-2+,13-8+. The first kappa shape index (κ1) is 20.7. The summed E-state index contributed by atoms with van der Waals surface area (Å²) in [6.07, 6.45) is 8.25. The van der Waals surface area contributed by atoms with Gasteiger partial charge in [0.15, 0.2) is 0 Å². The Labute approximate surface area is 173 Å². The van der Waals surface area contributed by atoms with Crippen LogP contribution in [-0.4, -0.2) is 16.9 Å². The number of esters is 1. The third kappa shape index (κ3) is 6.53. The number of carbonyl (C=O) groups excluding carboxylic acids is 2. The van der Waals surface area contributed by atoms with Crippen LogP contribution in [0.15, 0.2) is 72.9 Å². The van der Waals surface area contributed by atoms with E-state index in [-0.39, 0.29) is 11.7 Å². The Kier molecular flexibility index (Phi) is 6.84. The lowest BCUT2D eigenvalue weighted by molar-refractivity contribution is -0.128. The van der Waals surface area contributed by atoms with Gasteiger partial charge in [-0.25, -0.2) is 14.2 Å². The summed E-state index contributed by atoms with van der Waals surface area (Å²) in [4.78, 5) is 27.1. The van der Waals surface area contributed by atoms with E-state index in [1.54, 1.807) is 42.6 Å². The van der Waals surface area contributed by atoms with Crippen LogP contribution >= 0.6 is 0 Å². The van der Waals surface area contributed by atoms with Gasteiger partial charge < -0.3 is 10.1 Å². The zero-order chi connectivity index (χ0) is 21.3. The minimum absolute atomic E-state index is 0.179. The maximum absolute atomic E-state index is 12.9. The van der Waals surface area contributed by atoms with Gasteiger partial charge in [0.1, 0.15) is 17.4 Å². The number of aromatic nitrogens is 1. The number of ether oxygens (including phenoxy) is 1. The van der Waals surface area contributed by atoms with E-state index in [1.807, 2.05) is 30.4 Å². The van der Waals surface area contributed by atoms with E-state index in [1.165, 1.54) is 25.1 Å². The van der Waals surface area contributed by atoms with Gasteiger partial charge in [0.05, 0.1) is 0 Å². The van der Waals surface area contributed by atoms with Crippen LogP contribution in [0.2, 0.25) is 0 Å². The van der Waals surface area contributed by atoms with Gasteiger partial charge in [0.2, 0.25) is 5.91 Å². The zero-order valence-corrected chi connectivity index (χ0v) is 16.2. The third-order valence-electron chi connectivity index (χ3n) is 3.94. The summed E-state index contributed by atoms with van der Waals surface area (Å²) in [6.45, 7) is 1.43. The van der Waals surface area contributed by atoms with Crippen LogP contribution in [0.1, 0.15) is 23.6 Å². The van der Waals surface area contributed by atoms with Crippen molar-refractivity contribution >= 4 is 35.9 Å². The number of carbonyl (C=O) groups is 2. The second kappa shape index (κ2) is 9.93. The molecular weight excluding hydrogens is 383 g/mol. The van der Waals surface area contributed by atoms with E-state index in [9.17, 15) is 14.0 Å². The number of nitrogens with one attached hydrogen (secondary N) is 1. The summed E-state index contributed by atoms with van der Waals surface area (Å²) >= 11 is 0. The van der Waals surface area contributed by atoms with Crippen LogP contribution in [0.3, 0.4) is 0 Å². The maximum Gasteiger partial charge on any atom is 0.336 e. The Bertz CT molecular complexity index is 1090. The highest BCUT2D eigenvalue weighted by molar-refractivity contribution is 5.89. The number of halogens is 1. The molecule has 0 spiro atoms. The van der Waals surface area contributed by atoms with E-state index < -0.39 is 5.97 Å². The van der Waals surface area contributed by atoms with Crippen LogP contribution in [0, 0.1) is 5.82 Å². The lowest BCUT2D eigenvalue weighted by atomic mass is 10.1. The Morgan fingerprint density at radius 1 is 0.900 bits per heavy atom. The van der Waals surface area contributed by atoms with Gasteiger partial charge >= 0.3 is 5.97 Å². The quantitative estimate of drug-likeness (QED) is 0.359. The molecule has 2 aromatic carbocycles. The average Bonchev–Trinajstić information content (AvgIpc) is 2.73. The average molecular weight is 402 g/mol. The molecule has 0 saturated heterocycles. The van der Waals surface area contributed by atoms with Gasteiger partial charge in [-0.2, -0.15) is 0 Å². The van der Waals surface area contributed by atoms with Crippen molar-refractivity contribution in [1.29, 1.82) is 0 Å². The number of hydrogen-bond acceptors (Lipinski definition) is 4. The Morgan fingerprint density at radius 3 is 2.23 bits per heavy atom. The molecule has 150 valence electrons. The number of benzene rings is 2. The molecule has 0 aliphatic rings. The number of pyridine rings is 1. The largest absolute Gasteiger partial charge is 0.423 e. The molecule has 0 aliphatic heterocycles. The minimum atomic E-state index is -0.523. The van der Waals surface area contributed by atoms with Crippen LogP contribution in [-0.2, 0) is 9.59 Å². The monoisotopic (exact) mass is 402 g/mol. The smallest absolute Gasteiger partial charge is 0.336 e. The molecule has 0 saturated carbocycles. The second-order valence-corrected chi connectivity index (χ2v) is 6.36. The Morgan fingerprint density at radius 2 is 1.53 bits per heavy atom. The summed E-state index contributed by atoms with van der Waals surface area (Å²) in [5, 5.41) is 2.64. The predicted molar refractivity (Wildman–Crippen MR) is 115 cm³/mol. The highest BCUT2D eigenvalue weighted by Crippen LogP contribution is 2.16. The molecule has 0 fully saturated rings. The van der Waals surface area contributed by atoms with Crippen molar-refractivity contribution in [3.8, 4) is 5.75 Å². The zero-order valence-electron chi connectivity index (χ0n) is 16.2. The molecule has 0 unspecified atom stereocenters. The summed E-state index contributed by atoms with van der Waals surface area (Å²) in [5.41, 5.74) is 2.50. The fourth-order valence-electron chi connectivity index (χ4n) is 2.53. The fraction of sp³-hybridized carbons (Fsp3) is 0.0417. The lowest BCUT2D eigenvalue weighted by Crippen LogP contribution is -2.07. The topological polar surface area (TPSA) is 68.3 Å². The van der Waals surface area contributed by atoms with Crippen molar-refractivity contribution in [3.63, 3.8) is 0 Å². The minimum Gasteiger partial charge on any atom is -0.423 e. The molecule has 3 rings (SSSR count). The van der Waals surface area contributed by atoms with Gasteiger partial charge in [0.25, 0.3) is 0 Å². The first-order valence-electron chi connectivity index (χ1n) is 9.15. The van der Waals surface area contributed by atoms with Crippen molar-refractivity contribution in [3.05, 3.63) is 95.4 Å². The molecule has 0 radical (unpaired) electrons. The highest BCUT2D eigenvalue weighted by Gasteiger charge is 2.01. The first-order valence-corrected chi connectivity index (χ1v) is 9.15. The van der Waals surface area contributed by atoms with Gasteiger partial charge in [-0.1, -0.05) is 36.4 Å². The third-order valence-corrected chi connectivity index (χ3v) is 3.94. The SMILES string of the molecule is CC(=O)Nc1cc(/C=C/c2ccc(OC(=O)/C=C/c3ccc(F)cc3)cc2)ccn1. The molecule has 0 bridgehead atoms. The molecule has 5 nitrogen and oxygen atoms in total. The molecule has 3 aromatic rings. The summed E-state index contributed by atoms with van der Waals surface area (Å²) in [7, 11) is 0. The van der Waals surface area contributed by atoms with Gasteiger partial charge in [-0.05, 0) is 59.2 Å². The number of hydrogen-bond donors (Lipinski definition) is 1. The fourth-order valence-corrected chi connectivity index (χ4v) is 2.53. The summed E-state index contributed by atoms with van der Waals surface area (Å²) < 4.78 is 18.1. The normalized spacial score (nSPS) is 11.0. The lowest BCUT2D eigenvalue weighted by Gasteiger charge is -2.03. The second-order valence-electron chi connectivity index (χ2n) is 6.36. The van der Waals surface area contributed by atoms with Crippen molar-refractivity contribution < 1.29 is 18.7 Å². The molecule has 1 amide bonds.